The fourth-order valence-electron chi connectivity index (χ4n) is 1.21. The number of hydrogen-bond donors (Lipinski definition) is 0. The molecule has 0 fully saturated rings. The molecule has 0 N–H and O–H groups in total. The van der Waals surface area contributed by atoms with Gasteiger partial charge in [0.2, 0.25) is 0 Å². The number of hydrogen-bond acceptors (Lipinski definition) is 0. The Hall–Kier alpha value is -0.901. The summed E-state index contributed by atoms with van der Waals surface area (Å²) in [4.78, 5) is 0. The van der Waals surface area contributed by atoms with Crippen molar-refractivity contribution < 1.29 is 9.41 Å². The summed E-state index contributed by atoms with van der Waals surface area (Å²) >= 11 is -0.517. The Morgan fingerprint density at radius 2 is 0.867 bits per heavy atom. The third-order valence-electron chi connectivity index (χ3n) is 1.84. The fourth-order valence-corrected chi connectivity index (χ4v) is 4.21. The van der Waals surface area contributed by atoms with Crippen LogP contribution >= 0.6 is 0 Å². The molecule has 15 heavy (non-hydrogen) atoms. The van der Waals surface area contributed by atoms with E-state index < -0.39 is 21.1 Å². The third kappa shape index (κ3) is 4.42. The first kappa shape index (κ1) is 14.1. The molecular weight excluding hydrogens is 301 g/mol. The van der Waals surface area contributed by atoms with E-state index in [9.17, 15) is 0 Å². The molecule has 0 aromatic heterocycles. The van der Waals surface area contributed by atoms with Crippen molar-refractivity contribution in [1.82, 2.24) is 0 Å². The van der Waals surface area contributed by atoms with Gasteiger partial charge in [-0.05, 0) is 0 Å². The summed E-state index contributed by atoms with van der Waals surface area (Å²) in [5, 5.41) is 0. The van der Waals surface area contributed by atoms with Crippen molar-refractivity contribution in [3.8, 4) is 0 Å². The van der Waals surface area contributed by atoms with Crippen LogP contribution in [0.2, 0.25) is 0 Å². The Balaban J connectivity index is 0.000000980. The first-order chi connectivity index (χ1) is 6.45. The second kappa shape index (κ2) is 7.40. The van der Waals surface area contributed by atoms with Gasteiger partial charge >= 0.3 is 89.0 Å². The first-order valence-electron chi connectivity index (χ1n) is 4.32. The molecule has 0 unspecified atom stereocenters. The van der Waals surface area contributed by atoms with Gasteiger partial charge in [0.1, 0.15) is 0 Å². The topological polar surface area (TPSA) is 0 Å². The normalized spacial score (nSPS) is 8.53. The first-order valence-corrected chi connectivity index (χ1v) is 7.18. The van der Waals surface area contributed by atoms with Gasteiger partial charge in [-0.25, -0.2) is 0 Å². The third-order valence-corrected chi connectivity index (χ3v) is 5.39. The van der Waals surface area contributed by atoms with Crippen LogP contribution in [0.5, 0.6) is 0 Å². The Morgan fingerprint density at radius 1 is 0.533 bits per heavy atom. The zero-order chi connectivity index (χ0) is 8.93. The second-order valence-corrected chi connectivity index (χ2v) is 6.87. The summed E-state index contributed by atoms with van der Waals surface area (Å²) in [6, 6.07) is 21.6. The summed E-state index contributed by atoms with van der Waals surface area (Å²) in [5.74, 6) is 0. The van der Waals surface area contributed by atoms with Crippen LogP contribution in [0, 0.1) is 0 Å². The molecule has 2 aromatic carbocycles. The van der Waals surface area contributed by atoms with Crippen LogP contribution in [0.15, 0.2) is 60.7 Å². The van der Waals surface area contributed by atoms with E-state index in [4.69, 9.17) is 0 Å². The van der Waals surface area contributed by atoms with E-state index in [0.29, 0.717) is 0 Å². The minimum absolute atomic E-state index is 0. The van der Waals surface area contributed by atoms with Crippen LogP contribution in [0.4, 0.5) is 9.41 Å². The van der Waals surface area contributed by atoms with E-state index in [1.807, 2.05) is 0 Å². The van der Waals surface area contributed by atoms with Crippen molar-refractivity contribution in [3.05, 3.63) is 60.7 Å². The van der Waals surface area contributed by atoms with E-state index in [0.717, 1.165) is 0 Å². The molecule has 0 amide bonds. The SMILES string of the molecule is F.F.c1cc[c]([Sn][c]2ccccc2)cc1. The van der Waals surface area contributed by atoms with Crippen LogP contribution in [-0.2, 0) is 0 Å². The fraction of sp³-hybridized carbons (Fsp3) is 0. The van der Waals surface area contributed by atoms with Gasteiger partial charge in [-0.2, -0.15) is 0 Å². The van der Waals surface area contributed by atoms with Gasteiger partial charge in [0.15, 0.2) is 0 Å². The molecule has 0 saturated heterocycles. The Morgan fingerprint density at radius 3 is 1.20 bits per heavy atom. The Labute approximate surface area is 98.3 Å². The van der Waals surface area contributed by atoms with Crippen LogP contribution in [0.25, 0.3) is 0 Å². The second-order valence-electron chi connectivity index (χ2n) is 2.86. The van der Waals surface area contributed by atoms with E-state index in [1.54, 1.807) is 0 Å². The van der Waals surface area contributed by atoms with Crippen LogP contribution in [0.1, 0.15) is 0 Å². The maximum absolute atomic E-state index is 2.24. The molecule has 0 nitrogen and oxygen atoms in total. The molecule has 0 atom stereocenters. The van der Waals surface area contributed by atoms with Gasteiger partial charge in [-0.1, -0.05) is 0 Å². The van der Waals surface area contributed by atoms with Crippen molar-refractivity contribution in [2.45, 2.75) is 0 Å². The predicted molar refractivity (Wildman–Crippen MR) is 62.9 cm³/mol. The van der Waals surface area contributed by atoms with Gasteiger partial charge in [0.05, 0.1) is 0 Å². The van der Waals surface area contributed by atoms with E-state index in [-0.39, 0.29) is 9.41 Å². The predicted octanol–water partition coefficient (Wildman–Crippen LogP) is 1.65. The average molecular weight is 313 g/mol. The zero-order valence-electron chi connectivity index (χ0n) is 8.09. The van der Waals surface area contributed by atoms with Gasteiger partial charge < -0.3 is 0 Å². The molecule has 0 heterocycles. The number of rotatable bonds is 2. The zero-order valence-corrected chi connectivity index (χ0v) is 10.9. The van der Waals surface area contributed by atoms with E-state index >= 15 is 0 Å². The summed E-state index contributed by atoms with van der Waals surface area (Å²) in [6.45, 7) is 0. The van der Waals surface area contributed by atoms with Gasteiger partial charge in [0.25, 0.3) is 0 Å². The molecule has 0 aliphatic rings. The number of benzene rings is 2. The van der Waals surface area contributed by atoms with Gasteiger partial charge in [-0.3, -0.25) is 9.41 Å². The van der Waals surface area contributed by atoms with Crippen LogP contribution in [0.3, 0.4) is 0 Å². The molecule has 3 heteroatoms. The molecule has 0 bridgehead atoms. The molecule has 2 radical (unpaired) electrons. The molecule has 0 aliphatic carbocycles. The van der Waals surface area contributed by atoms with E-state index in [2.05, 4.69) is 60.7 Å². The summed E-state index contributed by atoms with van der Waals surface area (Å²) in [5.41, 5.74) is 0. The van der Waals surface area contributed by atoms with Crippen LogP contribution in [-0.4, -0.2) is 21.1 Å². The quantitative estimate of drug-likeness (QED) is 0.740. The van der Waals surface area contributed by atoms with Gasteiger partial charge in [-0.15, -0.1) is 0 Å². The van der Waals surface area contributed by atoms with Crippen molar-refractivity contribution >= 4 is 28.3 Å². The molecule has 78 valence electrons. The summed E-state index contributed by atoms with van der Waals surface area (Å²) < 4.78 is 3.08. The standard InChI is InChI=1S/2C6H5.2FH.Sn/c2*1-2-4-6-5-3-1;;;/h2*1-5H;2*1H;. The molecule has 0 spiro atoms. The Kier molecular flexibility index (Phi) is 6.95. The molecule has 2 aromatic rings. The minimum atomic E-state index is -0.517. The van der Waals surface area contributed by atoms with Gasteiger partial charge in [0, 0.05) is 0 Å². The summed E-state index contributed by atoms with van der Waals surface area (Å²) in [7, 11) is 0. The Bertz CT molecular complexity index is 324. The maximum atomic E-state index is 2.24. The number of halogens is 2. The van der Waals surface area contributed by atoms with Crippen LogP contribution < -0.4 is 7.16 Å². The van der Waals surface area contributed by atoms with Crippen molar-refractivity contribution in [2.75, 3.05) is 0 Å². The molecule has 0 saturated carbocycles. The molecule has 2 rings (SSSR count). The summed E-state index contributed by atoms with van der Waals surface area (Å²) in [6.07, 6.45) is 0. The average Bonchev–Trinajstić information content (AvgIpc) is 2.21. The molecule has 0 aliphatic heterocycles. The van der Waals surface area contributed by atoms with Crippen molar-refractivity contribution in [2.24, 2.45) is 0 Å². The van der Waals surface area contributed by atoms with Crippen molar-refractivity contribution in [3.63, 3.8) is 0 Å². The molecular formula is C12H12F2Sn. The van der Waals surface area contributed by atoms with E-state index in [1.165, 1.54) is 7.16 Å². The monoisotopic (exact) mass is 314 g/mol. The van der Waals surface area contributed by atoms with Crippen molar-refractivity contribution in [1.29, 1.82) is 0 Å².